The first-order valence-electron chi connectivity index (χ1n) is 6.34. The fourth-order valence-electron chi connectivity index (χ4n) is 2.08. The monoisotopic (exact) mass is 259 g/mol. The molecule has 1 aliphatic rings. The second-order valence-electron chi connectivity index (χ2n) is 5.00. The van der Waals surface area contributed by atoms with Crippen molar-refractivity contribution in [2.24, 2.45) is 5.41 Å². The second kappa shape index (κ2) is 5.03. The predicted molar refractivity (Wildman–Crippen MR) is 72.4 cm³/mol. The van der Waals surface area contributed by atoms with Crippen LogP contribution in [0, 0.1) is 5.41 Å². The van der Waals surface area contributed by atoms with Crippen LogP contribution >= 0.6 is 0 Å². The first-order chi connectivity index (χ1) is 9.31. The van der Waals surface area contributed by atoms with Crippen molar-refractivity contribution in [2.45, 2.75) is 0 Å². The summed E-state index contributed by atoms with van der Waals surface area (Å²) in [4.78, 5) is 0. The van der Waals surface area contributed by atoms with Crippen molar-refractivity contribution in [3.8, 4) is 5.69 Å². The average molecular weight is 259 g/mol. The van der Waals surface area contributed by atoms with E-state index >= 15 is 0 Å². The van der Waals surface area contributed by atoms with Gasteiger partial charge in [0.1, 0.15) is 0 Å². The predicted octanol–water partition coefficient (Wildman–Crippen LogP) is 1.29. The molecule has 1 aliphatic heterocycles. The molecule has 2 N–H and O–H groups in total. The van der Waals surface area contributed by atoms with Crippen molar-refractivity contribution in [3.05, 3.63) is 42.7 Å². The number of nitrogens with zero attached hydrogens (tertiary/aromatic N) is 2. The Kier molecular flexibility index (Phi) is 3.23. The zero-order valence-electron chi connectivity index (χ0n) is 10.6. The molecule has 1 saturated heterocycles. The minimum atomic E-state index is -0.110. The summed E-state index contributed by atoms with van der Waals surface area (Å²) in [6.45, 7) is 2.14. The normalized spacial score (nSPS) is 16.9. The van der Waals surface area contributed by atoms with E-state index in [0.717, 1.165) is 17.9 Å². The number of benzene rings is 1. The van der Waals surface area contributed by atoms with Crippen molar-refractivity contribution >= 4 is 5.69 Å². The minimum Gasteiger partial charge on any atom is -0.396 e. The van der Waals surface area contributed by atoms with Gasteiger partial charge in [-0.25, -0.2) is 4.68 Å². The number of aliphatic hydroxyl groups excluding tert-OH is 1. The Hall–Kier alpha value is -1.85. The molecule has 0 unspecified atom stereocenters. The lowest BCUT2D eigenvalue weighted by Gasteiger charge is -2.40. The number of ether oxygens (including phenoxy) is 1. The third-order valence-corrected chi connectivity index (χ3v) is 3.46. The summed E-state index contributed by atoms with van der Waals surface area (Å²) in [6, 6.07) is 9.95. The number of rotatable bonds is 5. The van der Waals surface area contributed by atoms with Crippen LogP contribution in [0.2, 0.25) is 0 Å². The number of aromatic nitrogens is 2. The summed E-state index contributed by atoms with van der Waals surface area (Å²) in [5.74, 6) is 0. The van der Waals surface area contributed by atoms with Crippen LogP contribution in [-0.2, 0) is 4.74 Å². The van der Waals surface area contributed by atoms with Gasteiger partial charge in [-0.3, -0.25) is 0 Å². The zero-order valence-corrected chi connectivity index (χ0v) is 10.6. The molecule has 100 valence electrons. The van der Waals surface area contributed by atoms with E-state index in [4.69, 9.17) is 4.74 Å². The molecule has 0 amide bonds. The molecule has 5 heteroatoms. The molecule has 0 atom stereocenters. The van der Waals surface area contributed by atoms with E-state index in [9.17, 15) is 5.11 Å². The van der Waals surface area contributed by atoms with E-state index in [-0.39, 0.29) is 12.0 Å². The van der Waals surface area contributed by atoms with Gasteiger partial charge in [0.25, 0.3) is 0 Å². The van der Waals surface area contributed by atoms with E-state index in [1.165, 1.54) is 0 Å². The maximum Gasteiger partial charge on any atom is 0.0647 e. The molecule has 5 nitrogen and oxygen atoms in total. The highest BCUT2D eigenvalue weighted by molar-refractivity contribution is 5.48. The van der Waals surface area contributed by atoms with Crippen LogP contribution in [0.4, 0.5) is 5.69 Å². The van der Waals surface area contributed by atoms with Gasteiger partial charge in [-0.1, -0.05) is 0 Å². The molecule has 1 aromatic carbocycles. The Balaban J connectivity index is 1.63. The fourth-order valence-corrected chi connectivity index (χ4v) is 2.08. The molecule has 0 saturated carbocycles. The Labute approximate surface area is 111 Å². The van der Waals surface area contributed by atoms with Crippen molar-refractivity contribution in [2.75, 3.05) is 31.7 Å². The molecule has 0 spiro atoms. The molecular weight excluding hydrogens is 242 g/mol. The van der Waals surface area contributed by atoms with Gasteiger partial charge < -0.3 is 15.2 Å². The van der Waals surface area contributed by atoms with E-state index in [2.05, 4.69) is 10.4 Å². The number of hydrogen-bond donors (Lipinski definition) is 2. The van der Waals surface area contributed by atoms with E-state index in [1.807, 2.05) is 41.2 Å². The van der Waals surface area contributed by atoms with Crippen LogP contribution in [0.5, 0.6) is 0 Å². The third kappa shape index (κ3) is 2.47. The summed E-state index contributed by atoms with van der Waals surface area (Å²) >= 11 is 0. The molecular formula is C14H17N3O2. The number of nitrogens with one attached hydrogen (secondary N) is 1. The molecule has 2 heterocycles. The molecule has 0 aliphatic carbocycles. The molecule has 0 bridgehead atoms. The van der Waals surface area contributed by atoms with Gasteiger partial charge >= 0.3 is 0 Å². The minimum absolute atomic E-state index is 0.110. The summed E-state index contributed by atoms with van der Waals surface area (Å²) in [7, 11) is 0. The lowest BCUT2D eigenvalue weighted by molar-refractivity contribution is -0.128. The van der Waals surface area contributed by atoms with Gasteiger partial charge in [-0.2, -0.15) is 5.10 Å². The fraction of sp³-hybridized carbons (Fsp3) is 0.357. The van der Waals surface area contributed by atoms with Crippen molar-refractivity contribution in [3.63, 3.8) is 0 Å². The van der Waals surface area contributed by atoms with Crippen LogP contribution < -0.4 is 5.32 Å². The topological polar surface area (TPSA) is 59.3 Å². The lowest BCUT2D eigenvalue weighted by atomic mass is 9.87. The Morgan fingerprint density at radius 1 is 1.32 bits per heavy atom. The summed E-state index contributed by atoms with van der Waals surface area (Å²) < 4.78 is 6.99. The molecule has 2 aromatic rings. The number of aliphatic hydroxyl groups is 1. The Morgan fingerprint density at radius 3 is 2.63 bits per heavy atom. The first-order valence-corrected chi connectivity index (χ1v) is 6.34. The standard InChI is InChI=1S/C14H17N3O2/c18-9-14(10-19-11-14)8-15-12-2-4-13(5-3-12)17-7-1-6-16-17/h1-7,15,18H,8-11H2. The van der Waals surface area contributed by atoms with Crippen LogP contribution in [0.25, 0.3) is 5.69 Å². The van der Waals surface area contributed by atoms with Gasteiger partial charge in [0, 0.05) is 24.6 Å². The van der Waals surface area contributed by atoms with Crippen molar-refractivity contribution < 1.29 is 9.84 Å². The number of hydrogen-bond acceptors (Lipinski definition) is 4. The highest BCUT2D eigenvalue weighted by atomic mass is 16.5. The summed E-state index contributed by atoms with van der Waals surface area (Å²) in [6.07, 6.45) is 3.67. The second-order valence-corrected chi connectivity index (χ2v) is 5.00. The Bertz CT molecular complexity index is 513. The van der Waals surface area contributed by atoms with E-state index < -0.39 is 0 Å². The highest BCUT2D eigenvalue weighted by Crippen LogP contribution is 2.27. The van der Waals surface area contributed by atoms with Gasteiger partial charge in [0.05, 0.1) is 30.9 Å². The third-order valence-electron chi connectivity index (χ3n) is 3.46. The smallest absolute Gasteiger partial charge is 0.0647 e. The van der Waals surface area contributed by atoms with Crippen molar-refractivity contribution in [1.29, 1.82) is 0 Å². The molecule has 1 fully saturated rings. The van der Waals surface area contributed by atoms with Crippen LogP contribution in [0.1, 0.15) is 0 Å². The van der Waals surface area contributed by atoms with E-state index in [1.54, 1.807) is 6.20 Å². The Morgan fingerprint density at radius 2 is 2.11 bits per heavy atom. The first kappa shape index (κ1) is 12.2. The largest absolute Gasteiger partial charge is 0.396 e. The molecule has 19 heavy (non-hydrogen) atoms. The zero-order chi connectivity index (χ0) is 13.1. The summed E-state index contributed by atoms with van der Waals surface area (Å²) in [5.41, 5.74) is 1.95. The van der Waals surface area contributed by atoms with Gasteiger partial charge in [0.15, 0.2) is 0 Å². The summed E-state index contributed by atoms with van der Waals surface area (Å²) in [5, 5.41) is 16.9. The highest BCUT2D eigenvalue weighted by Gasteiger charge is 2.37. The maximum absolute atomic E-state index is 9.35. The molecule has 0 radical (unpaired) electrons. The van der Waals surface area contributed by atoms with Gasteiger partial charge in [0.2, 0.25) is 0 Å². The average Bonchev–Trinajstić information content (AvgIpc) is 2.93. The molecule has 3 rings (SSSR count). The van der Waals surface area contributed by atoms with Gasteiger partial charge in [-0.15, -0.1) is 0 Å². The number of anilines is 1. The van der Waals surface area contributed by atoms with E-state index in [0.29, 0.717) is 13.2 Å². The van der Waals surface area contributed by atoms with Crippen molar-refractivity contribution in [1.82, 2.24) is 9.78 Å². The maximum atomic E-state index is 9.35. The van der Waals surface area contributed by atoms with Crippen LogP contribution in [0.3, 0.4) is 0 Å². The quantitative estimate of drug-likeness (QED) is 0.849. The van der Waals surface area contributed by atoms with Crippen LogP contribution in [0.15, 0.2) is 42.7 Å². The lowest BCUT2D eigenvalue weighted by Crippen LogP contribution is -2.50. The van der Waals surface area contributed by atoms with Gasteiger partial charge in [-0.05, 0) is 30.3 Å². The SMILES string of the molecule is OCC1(CNc2ccc(-n3cccn3)cc2)COC1. The molecule has 1 aromatic heterocycles. The van der Waals surface area contributed by atoms with Crippen LogP contribution in [-0.4, -0.2) is 41.3 Å².